The molecule has 0 aliphatic rings. The molecule has 3 rings (SSSR count). The van der Waals surface area contributed by atoms with Gasteiger partial charge in [-0.25, -0.2) is 0 Å². The fraction of sp³-hybridized carbons (Fsp3) is 0.100. The Morgan fingerprint density at radius 1 is 1.23 bits per heavy atom. The highest BCUT2D eigenvalue weighted by molar-refractivity contribution is 6.32. The monoisotopic (exact) mass is 369 g/mol. The molecule has 26 heavy (non-hydrogen) atoms. The molecule has 2 aromatic carbocycles. The summed E-state index contributed by atoms with van der Waals surface area (Å²) in [5, 5.41) is 3.54. The van der Waals surface area contributed by atoms with Gasteiger partial charge in [0.1, 0.15) is 17.6 Å². The van der Waals surface area contributed by atoms with E-state index in [4.69, 9.17) is 20.8 Å². The van der Waals surface area contributed by atoms with Gasteiger partial charge in [0.2, 0.25) is 5.91 Å². The van der Waals surface area contributed by atoms with Gasteiger partial charge in [-0.15, -0.1) is 0 Å². The van der Waals surface area contributed by atoms with Gasteiger partial charge in [-0.2, -0.15) is 0 Å². The molecule has 1 heterocycles. The average Bonchev–Trinajstić information content (AvgIpc) is 2.62. The van der Waals surface area contributed by atoms with Crippen molar-refractivity contribution in [3.63, 3.8) is 0 Å². The second-order valence-corrected chi connectivity index (χ2v) is 6.10. The lowest BCUT2D eigenvalue weighted by atomic mass is 10.1. The van der Waals surface area contributed by atoms with E-state index in [0.29, 0.717) is 33.0 Å². The number of amides is 1. The quantitative estimate of drug-likeness (QED) is 0.691. The van der Waals surface area contributed by atoms with Crippen LogP contribution in [0, 0.1) is 6.92 Å². The van der Waals surface area contributed by atoms with Gasteiger partial charge in [0.05, 0.1) is 23.1 Å². The highest BCUT2D eigenvalue weighted by Gasteiger charge is 2.07. The number of carbonyl (C=O) groups is 1. The third kappa shape index (κ3) is 3.78. The number of methoxy groups -OCH3 is 1. The Hall–Kier alpha value is -3.05. The van der Waals surface area contributed by atoms with E-state index in [-0.39, 0.29) is 5.43 Å². The van der Waals surface area contributed by atoms with E-state index < -0.39 is 5.91 Å². The lowest BCUT2D eigenvalue weighted by Crippen LogP contribution is -2.09. The molecule has 1 amide bonds. The number of rotatable bonds is 4. The standard InChI is InChI=1S/C20H16ClNO4/c1-12-3-6-17-15(9-12)20(24)13(11-26-17)4-8-19(23)22-14-5-7-18(25-2)16(21)10-14/h3-11H,1-2H3,(H,22,23)/b8-4+. The Morgan fingerprint density at radius 3 is 2.77 bits per heavy atom. The molecule has 0 fully saturated rings. The lowest BCUT2D eigenvalue weighted by Gasteiger charge is -2.06. The number of halogens is 1. The smallest absolute Gasteiger partial charge is 0.248 e. The van der Waals surface area contributed by atoms with E-state index in [1.54, 1.807) is 30.3 Å². The van der Waals surface area contributed by atoms with Crippen LogP contribution in [0.4, 0.5) is 5.69 Å². The molecule has 0 saturated heterocycles. The van der Waals surface area contributed by atoms with Crippen molar-refractivity contribution in [3.05, 3.63) is 75.1 Å². The first-order valence-electron chi connectivity index (χ1n) is 7.82. The molecular weight excluding hydrogens is 354 g/mol. The van der Waals surface area contributed by atoms with Gasteiger partial charge in [-0.3, -0.25) is 9.59 Å². The molecule has 1 aromatic heterocycles. The van der Waals surface area contributed by atoms with Crippen molar-refractivity contribution in [1.29, 1.82) is 0 Å². The van der Waals surface area contributed by atoms with Crippen molar-refractivity contribution >= 4 is 40.2 Å². The van der Waals surface area contributed by atoms with Crippen LogP contribution in [0.3, 0.4) is 0 Å². The Balaban J connectivity index is 1.80. The van der Waals surface area contributed by atoms with Gasteiger partial charge >= 0.3 is 0 Å². The summed E-state index contributed by atoms with van der Waals surface area (Å²) in [5.41, 5.74) is 2.10. The first-order valence-corrected chi connectivity index (χ1v) is 8.20. The average molecular weight is 370 g/mol. The first kappa shape index (κ1) is 17.8. The van der Waals surface area contributed by atoms with Gasteiger partial charge < -0.3 is 14.5 Å². The van der Waals surface area contributed by atoms with Crippen molar-refractivity contribution in [2.45, 2.75) is 6.92 Å². The minimum atomic E-state index is -0.394. The summed E-state index contributed by atoms with van der Waals surface area (Å²) in [4.78, 5) is 24.6. The van der Waals surface area contributed by atoms with Crippen molar-refractivity contribution in [2.24, 2.45) is 0 Å². The maximum absolute atomic E-state index is 12.5. The van der Waals surface area contributed by atoms with Crippen LogP contribution in [0.2, 0.25) is 5.02 Å². The number of carbonyl (C=O) groups excluding carboxylic acids is 1. The van der Waals surface area contributed by atoms with Crippen LogP contribution in [0.25, 0.3) is 17.0 Å². The summed E-state index contributed by atoms with van der Waals surface area (Å²) >= 11 is 6.03. The molecule has 0 saturated carbocycles. The van der Waals surface area contributed by atoms with Crippen molar-refractivity contribution in [3.8, 4) is 5.75 Å². The fourth-order valence-corrected chi connectivity index (χ4v) is 2.73. The molecule has 5 nitrogen and oxygen atoms in total. The van der Waals surface area contributed by atoms with E-state index in [2.05, 4.69) is 5.32 Å². The van der Waals surface area contributed by atoms with Gasteiger partial charge in [-0.1, -0.05) is 23.2 Å². The summed E-state index contributed by atoms with van der Waals surface area (Å²) in [7, 11) is 1.51. The molecule has 0 aliphatic heterocycles. The van der Waals surface area contributed by atoms with Crippen LogP contribution >= 0.6 is 11.6 Å². The molecule has 0 spiro atoms. The molecular formula is C20H16ClNO4. The van der Waals surface area contributed by atoms with E-state index in [1.165, 1.54) is 25.5 Å². The number of aryl methyl sites for hydroxylation is 1. The number of hydrogen-bond donors (Lipinski definition) is 1. The van der Waals surface area contributed by atoms with Crippen LogP contribution in [-0.2, 0) is 4.79 Å². The normalized spacial score (nSPS) is 11.0. The molecule has 0 bridgehead atoms. The Morgan fingerprint density at radius 2 is 2.04 bits per heavy atom. The van der Waals surface area contributed by atoms with Gasteiger partial charge in [-0.05, 0) is 43.3 Å². The van der Waals surface area contributed by atoms with E-state index in [1.807, 2.05) is 13.0 Å². The predicted octanol–water partition coefficient (Wildman–Crippen LogP) is 4.42. The molecule has 0 aliphatic carbocycles. The summed E-state index contributed by atoms with van der Waals surface area (Å²) in [6, 6.07) is 10.3. The molecule has 3 aromatic rings. The van der Waals surface area contributed by atoms with Crippen molar-refractivity contribution in [1.82, 2.24) is 0 Å². The summed E-state index contributed by atoms with van der Waals surface area (Å²) < 4.78 is 10.5. The van der Waals surface area contributed by atoms with Crippen LogP contribution in [0.15, 0.2) is 57.9 Å². The summed E-state index contributed by atoms with van der Waals surface area (Å²) in [6.45, 7) is 1.90. The Bertz CT molecular complexity index is 1070. The maximum Gasteiger partial charge on any atom is 0.248 e. The summed E-state index contributed by atoms with van der Waals surface area (Å²) in [6.07, 6.45) is 4.04. The minimum absolute atomic E-state index is 0.188. The van der Waals surface area contributed by atoms with Crippen LogP contribution in [-0.4, -0.2) is 13.0 Å². The second-order valence-electron chi connectivity index (χ2n) is 5.69. The number of ether oxygens (including phenoxy) is 1. The SMILES string of the molecule is COc1ccc(NC(=O)/C=C/c2coc3ccc(C)cc3c2=O)cc1Cl. The van der Waals surface area contributed by atoms with Crippen LogP contribution in [0.1, 0.15) is 11.1 Å². The second kappa shape index (κ2) is 7.45. The van der Waals surface area contributed by atoms with Gasteiger partial charge in [0, 0.05) is 11.8 Å². The Kier molecular flexibility index (Phi) is 5.09. The minimum Gasteiger partial charge on any atom is -0.495 e. The number of benzene rings is 2. The van der Waals surface area contributed by atoms with Gasteiger partial charge in [0.15, 0.2) is 5.43 Å². The zero-order chi connectivity index (χ0) is 18.7. The number of anilines is 1. The van der Waals surface area contributed by atoms with E-state index in [9.17, 15) is 9.59 Å². The molecule has 6 heteroatoms. The maximum atomic E-state index is 12.5. The molecule has 132 valence electrons. The molecule has 1 N–H and O–H groups in total. The first-order chi connectivity index (χ1) is 12.5. The zero-order valence-corrected chi connectivity index (χ0v) is 15.0. The largest absolute Gasteiger partial charge is 0.495 e. The zero-order valence-electron chi connectivity index (χ0n) is 14.2. The van der Waals surface area contributed by atoms with Crippen molar-refractivity contribution < 1.29 is 13.9 Å². The third-order valence-corrected chi connectivity index (χ3v) is 4.08. The topological polar surface area (TPSA) is 68.5 Å². The highest BCUT2D eigenvalue weighted by atomic mass is 35.5. The molecule has 0 radical (unpaired) electrons. The number of nitrogens with one attached hydrogen (secondary N) is 1. The lowest BCUT2D eigenvalue weighted by molar-refractivity contribution is -0.111. The Labute approximate surface area is 154 Å². The highest BCUT2D eigenvalue weighted by Crippen LogP contribution is 2.27. The van der Waals surface area contributed by atoms with E-state index in [0.717, 1.165) is 5.56 Å². The van der Waals surface area contributed by atoms with Gasteiger partial charge in [0.25, 0.3) is 0 Å². The fourth-order valence-electron chi connectivity index (χ4n) is 2.47. The van der Waals surface area contributed by atoms with Crippen LogP contribution < -0.4 is 15.5 Å². The number of hydrogen-bond acceptors (Lipinski definition) is 4. The predicted molar refractivity (Wildman–Crippen MR) is 103 cm³/mol. The van der Waals surface area contributed by atoms with Crippen LogP contribution in [0.5, 0.6) is 5.75 Å². The van der Waals surface area contributed by atoms with Crippen molar-refractivity contribution in [2.75, 3.05) is 12.4 Å². The molecule has 0 atom stereocenters. The molecule has 0 unspecified atom stereocenters. The third-order valence-electron chi connectivity index (χ3n) is 3.79. The number of fused-ring (bicyclic) bond motifs is 1. The summed E-state index contributed by atoms with van der Waals surface area (Å²) in [5.74, 6) is 0.124. The van der Waals surface area contributed by atoms with E-state index >= 15 is 0 Å².